The average molecular weight is 215 g/mol. The van der Waals surface area contributed by atoms with Gasteiger partial charge in [0.1, 0.15) is 11.0 Å². The molecule has 0 aromatic rings. The molecule has 0 unspecified atom stereocenters. The molecule has 0 spiro atoms. The Morgan fingerprint density at radius 2 is 1.79 bits per heavy atom. The van der Waals surface area contributed by atoms with Gasteiger partial charge in [0.05, 0.1) is 4.75 Å². The van der Waals surface area contributed by atoms with E-state index in [1.165, 1.54) is 25.7 Å². The summed E-state index contributed by atoms with van der Waals surface area (Å²) in [5.74, 6) is 0. The summed E-state index contributed by atoms with van der Waals surface area (Å²) in [6.07, 6.45) is 6.88. The maximum absolute atomic E-state index is 11.7. The third-order valence-corrected chi connectivity index (χ3v) is 4.07. The Morgan fingerprint density at radius 3 is 2.21 bits per heavy atom. The van der Waals surface area contributed by atoms with Gasteiger partial charge in [0.25, 0.3) is 0 Å². The summed E-state index contributed by atoms with van der Waals surface area (Å²) in [6.45, 7) is 8.08. The van der Waals surface area contributed by atoms with Crippen molar-refractivity contribution in [1.82, 2.24) is 0 Å². The van der Waals surface area contributed by atoms with E-state index in [-0.39, 0.29) is 10.2 Å². The molecule has 0 amide bonds. The Hall–Kier alpha value is -0.180. The van der Waals surface area contributed by atoms with Gasteiger partial charge in [-0.05, 0) is 33.6 Å². The molecule has 0 radical (unpaired) electrons. The Kier molecular flexibility index (Phi) is 3.51. The second-order valence-electron chi connectivity index (χ2n) is 5.46. The Balaban J connectivity index is 2.59. The average Bonchev–Trinajstić information content (AvgIpc) is 2.47. The predicted octanol–water partition coefficient (Wildman–Crippen LogP) is 3.10. The second-order valence-corrected chi connectivity index (χ2v) is 7.39. The molecule has 1 saturated carbocycles. The van der Waals surface area contributed by atoms with Crippen LogP contribution in [-0.4, -0.2) is 15.2 Å². The summed E-state index contributed by atoms with van der Waals surface area (Å²) < 4.78 is 15.6. The van der Waals surface area contributed by atoms with Crippen molar-refractivity contribution in [2.24, 2.45) is 9.81 Å². The van der Waals surface area contributed by atoms with Crippen LogP contribution in [0.3, 0.4) is 0 Å². The van der Waals surface area contributed by atoms with E-state index in [0.717, 1.165) is 0 Å². The normalized spacial score (nSPS) is 24.3. The molecule has 0 heterocycles. The van der Waals surface area contributed by atoms with Gasteiger partial charge in [0.15, 0.2) is 0 Å². The molecule has 14 heavy (non-hydrogen) atoms. The lowest BCUT2D eigenvalue weighted by Crippen LogP contribution is -2.21. The van der Waals surface area contributed by atoms with Crippen molar-refractivity contribution < 1.29 is 4.21 Å². The highest BCUT2D eigenvalue weighted by molar-refractivity contribution is 7.85. The summed E-state index contributed by atoms with van der Waals surface area (Å²) in [6, 6.07) is 0. The molecular weight excluding hydrogens is 194 g/mol. The molecule has 1 atom stereocenters. The van der Waals surface area contributed by atoms with Gasteiger partial charge in [0.2, 0.25) is 0 Å². The minimum atomic E-state index is -1.09. The van der Waals surface area contributed by atoms with Crippen molar-refractivity contribution in [3.05, 3.63) is 0 Å². The predicted molar refractivity (Wildman–Crippen MR) is 63.0 cm³/mol. The van der Waals surface area contributed by atoms with E-state index in [2.05, 4.69) is 11.3 Å². The van der Waals surface area contributed by atoms with Crippen LogP contribution in [-0.2, 0) is 11.0 Å². The summed E-state index contributed by atoms with van der Waals surface area (Å²) >= 11 is 0. The van der Waals surface area contributed by atoms with Crippen LogP contribution in [0.2, 0.25) is 0 Å². The highest BCUT2D eigenvalue weighted by Gasteiger charge is 2.27. The van der Waals surface area contributed by atoms with E-state index in [9.17, 15) is 4.21 Å². The van der Waals surface area contributed by atoms with Gasteiger partial charge in [-0.15, -0.1) is 0 Å². The van der Waals surface area contributed by atoms with Crippen molar-refractivity contribution in [2.75, 3.05) is 0 Å². The van der Waals surface area contributed by atoms with Crippen LogP contribution in [0.25, 0.3) is 0 Å². The molecule has 2 nitrogen and oxygen atoms in total. The molecule has 0 N–H and O–H groups in total. The summed E-state index contributed by atoms with van der Waals surface area (Å²) in [4.78, 5) is 0. The zero-order valence-corrected chi connectivity index (χ0v) is 10.5. The number of hydrogen-bond acceptors (Lipinski definition) is 1. The third-order valence-electron chi connectivity index (χ3n) is 2.73. The van der Waals surface area contributed by atoms with Crippen LogP contribution in [0.15, 0.2) is 4.40 Å². The first-order valence-electron chi connectivity index (χ1n) is 5.31. The quantitative estimate of drug-likeness (QED) is 0.651. The Labute approximate surface area is 89.8 Å². The highest BCUT2D eigenvalue weighted by atomic mass is 32.2. The number of nitrogens with zero attached hydrogens (tertiary/aromatic N) is 1. The fourth-order valence-corrected chi connectivity index (χ4v) is 2.31. The lowest BCUT2D eigenvalue weighted by Gasteiger charge is -2.18. The first-order valence-corrected chi connectivity index (χ1v) is 6.41. The summed E-state index contributed by atoms with van der Waals surface area (Å²) in [7, 11) is -1.09. The Bertz CT molecular complexity index is 247. The van der Waals surface area contributed by atoms with Gasteiger partial charge in [-0.3, -0.25) is 0 Å². The van der Waals surface area contributed by atoms with Gasteiger partial charge >= 0.3 is 0 Å². The van der Waals surface area contributed by atoms with E-state index < -0.39 is 11.0 Å². The summed E-state index contributed by atoms with van der Waals surface area (Å²) in [5, 5.41) is 0. The van der Waals surface area contributed by atoms with Crippen molar-refractivity contribution in [3.8, 4) is 0 Å². The molecule has 0 aromatic heterocycles. The van der Waals surface area contributed by atoms with Crippen molar-refractivity contribution >= 4 is 17.2 Å². The molecule has 3 heteroatoms. The van der Waals surface area contributed by atoms with Crippen LogP contribution in [0, 0.1) is 5.41 Å². The SMILES string of the molecule is CC1(/C=N/[S@@](=O)C(C)(C)C)CCCC1. The first kappa shape index (κ1) is 11.9. The molecular formula is C11H21NOS. The lowest BCUT2D eigenvalue weighted by atomic mass is 9.91. The number of rotatable bonds is 2. The minimum Gasteiger partial charge on any atom is -0.234 e. The van der Waals surface area contributed by atoms with Gasteiger partial charge in [-0.2, -0.15) is 4.40 Å². The van der Waals surface area contributed by atoms with Crippen LogP contribution < -0.4 is 0 Å². The van der Waals surface area contributed by atoms with E-state index >= 15 is 0 Å². The Morgan fingerprint density at radius 1 is 1.29 bits per heavy atom. The number of hydrogen-bond donors (Lipinski definition) is 0. The molecule has 0 aromatic carbocycles. The van der Waals surface area contributed by atoms with Crippen LogP contribution >= 0.6 is 0 Å². The molecule has 1 aliphatic carbocycles. The largest absolute Gasteiger partial charge is 0.234 e. The van der Waals surface area contributed by atoms with Crippen LogP contribution in [0.1, 0.15) is 53.4 Å². The first-order chi connectivity index (χ1) is 6.33. The van der Waals surface area contributed by atoms with Crippen LogP contribution in [0.4, 0.5) is 0 Å². The van der Waals surface area contributed by atoms with Gasteiger partial charge in [-0.25, -0.2) is 4.21 Å². The second kappa shape index (κ2) is 4.13. The van der Waals surface area contributed by atoms with Gasteiger partial charge in [-0.1, -0.05) is 19.8 Å². The smallest absolute Gasteiger partial charge is 0.144 e. The van der Waals surface area contributed by atoms with E-state index in [1.807, 2.05) is 27.0 Å². The van der Waals surface area contributed by atoms with E-state index in [4.69, 9.17) is 0 Å². The lowest BCUT2D eigenvalue weighted by molar-refractivity contribution is 0.500. The molecule has 0 saturated heterocycles. The van der Waals surface area contributed by atoms with Crippen molar-refractivity contribution in [2.45, 2.75) is 58.1 Å². The van der Waals surface area contributed by atoms with Gasteiger partial charge in [0, 0.05) is 11.6 Å². The maximum Gasteiger partial charge on any atom is 0.144 e. The minimum absolute atomic E-state index is 0.209. The van der Waals surface area contributed by atoms with Crippen molar-refractivity contribution in [1.29, 1.82) is 0 Å². The molecule has 1 rings (SSSR count). The third kappa shape index (κ3) is 3.19. The summed E-state index contributed by atoms with van der Waals surface area (Å²) in [5.41, 5.74) is 0.209. The highest BCUT2D eigenvalue weighted by Crippen LogP contribution is 2.35. The standard InChI is InChI=1S/C11H21NOS/c1-10(2,3)14(13)12-9-11(4)7-5-6-8-11/h9H,5-8H2,1-4H3/b12-9+/t14-/m0/s1. The van der Waals surface area contributed by atoms with E-state index in [0.29, 0.717) is 0 Å². The molecule has 1 fully saturated rings. The van der Waals surface area contributed by atoms with Crippen LogP contribution in [0.5, 0.6) is 0 Å². The van der Waals surface area contributed by atoms with Crippen molar-refractivity contribution in [3.63, 3.8) is 0 Å². The molecule has 1 aliphatic rings. The zero-order valence-electron chi connectivity index (χ0n) is 9.67. The molecule has 82 valence electrons. The van der Waals surface area contributed by atoms with Gasteiger partial charge < -0.3 is 0 Å². The molecule has 0 bridgehead atoms. The molecule has 0 aliphatic heterocycles. The zero-order chi connectivity index (χ0) is 10.8. The fourth-order valence-electron chi connectivity index (χ4n) is 1.64. The van der Waals surface area contributed by atoms with E-state index in [1.54, 1.807) is 0 Å². The fraction of sp³-hybridized carbons (Fsp3) is 0.909. The topological polar surface area (TPSA) is 29.4 Å². The maximum atomic E-state index is 11.7. The monoisotopic (exact) mass is 215 g/mol.